The van der Waals surface area contributed by atoms with Crippen molar-refractivity contribution >= 4 is 17.8 Å². The highest BCUT2D eigenvalue weighted by molar-refractivity contribution is 5.91. The summed E-state index contributed by atoms with van der Waals surface area (Å²) in [7, 11) is 1.39. The van der Waals surface area contributed by atoms with E-state index in [1.807, 2.05) is 0 Å². The molecule has 1 saturated heterocycles. The first-order chi connectivity index (χ1) is 14.9. The van der Waals surface area contributed by atoms with Crippen LogP contribution in [0.5, 0.6) is 5.75 Å². The smallest absolute Gasteiger partial charge is 0.339 e. The molecule has 0 spiro atoms. The summed E-state index contributed by atoms with van der Waals surface area (Å²) < 4.78 is 16.9. The molecule has 2 aromatic rings. The molecule has 1 fully saturated rings. The van der Waals surface area contributed by atoms with Gasteiger partial charge in [-0.25, -0.2) is 14.3 Å². The minimum atomic E-state index is -1.14. The number of carboxylic acids is 1. The van der Waals surface area contributed by atoms with Crippen LogP contribution in [-0.2, 0) is 19.1 Å². The van der Waals surface area contributed by atoms with Crippen molar-refractivity contribution in [3.05, 3.63) is 41.7 Å². The zero-order chi connectivity index (χ0) is 22.4. The third-order valence-electron chi connectivity index (χ3n) is 5.01. The van der Waals surface area contributed by atoms with Crippen LogP contribution in [0.2, 0.25) is 0 Å². The number of hydrogen-bond donors (Lipinski definition) is 2. The maximum atomic E-state index is 12.7. The number of nitrogens with zero attached hydrogens (tertiary/aromatic N) is 2. The summed E-state index contributed by atoms with van der Waals surface area (Å²) in [5.41, 5.74) is 0.862. The second-order valence-corrected chi connectivity index (χ2v) is 6.99. The van der Waals surface area contributed by atoms with E-state index in [0.29, 0.717) is 37.3 Å². The lowest BCUT2D eigenvalue weighted by Crippen LogP contribution is -2.40. The molecule has 31 heavy (non-hydrogen) atoms. The van der Waals surface area contributed by atoms with E-state index < -0.39 is 18.0 Å². The molecule has 1 aliphatic rings. The molecule has 1 amide bonds. The molecule has 1 aromatic carbocycles. The first-order valence-electron chi connectivity index (χ1n) is 9.95. The molecule has 10 nitrogen and oxygen atoms in total. The van der Waals surface area contributed by atoms with Crippen molar-refractivity contribution in [2.24, 2.45) is 5.92 Å². The molecule has 1 atom stereocenters. The summed E-state index contributed by atoms with van der Waals surface area (Å²) in [4.78, 5) is 36.7. The predicted octanol–water partition coefficient (Wildman–Crippen LogP) is 1.73. The van der Waals surface area contributed by atoms with Gasteiger partial charge in [-0.2, -0.15) is 5.10 Å². The third kappa shape index (κ3) is 5.21. The van der Waals surface area contributed by atoms with Crippen LogP contribution in [0.4, 0.5) is 0 Å². The van der Waals surface area contributed by atoms with Crippen LogP contribution < -0.4 is 10.1 Å². The van der Waals surface area contributed by atoms with Crippen LogP contribution >= 0.6 is 0 Å². The lowest BCUT2D eigenvalue weighted by atomic mass is 9.98. The van der Waals surface area contributed by atoms with Gasteiger partial charge in [-0.05, 0) is 38.0 Å². The maximum absolute atomic E-state index is 12.7. The minimum Gasteiger partial charge on any atom is -0.496 e. The van der Waals surface area contributed by atoms with Crippen molar-refractivity contribution in [1.29, 1.82) is 0 Å². The lowest BCUT2D eigenvalue weighted by Gasteiger charge is -2.23. The van der Waals surface area contributed by atoms with Crippen molar-refractivity contribution in [3.8, 4) is 11.4 Å². The van der Waals surface area contributed by atoms with Gasteiger partial charge >= 0.3 is 11.9 Å². The Kier molecular flexibility index (Phi) is 7.24. The Bertz CT molecular complexity index is 950. The number of nitrogens with one attached hydrogen (secondary N) is 1. The van der Waals surface area contributed by atoms with Crippen molar-refractivity contribution in [2.45, 2.75) is 25.8 Å². The van der Waals surface area contributed by atoms with E-state index >= 15 is 0 Å². The van der Waals surface area contributed by atoms with Crippen LogP contribution in [0.3, 0.4) is 0 Å². The minimum absolute atomic E-state index is 0.0215. The molecule has 0 aliphatic carbocycles. The molecular formula is C21H25N3O7. The molecule has 1 aliphatic heterocycles. The average molecular weight is 431 g/mol. The SMILES string of the molecule is CCOC(=O)C(NC(=O)C1CCOCC1)c1cnn(-c2ccc(OC)c(C(=O)O)c2)c1. The predicted molar refractivity (Wildman–Crippen MR) is 108 cm³/mol. The standard InChI is InChI=1S/C21H25N3O7/c1-3-31-21(28)18(23-19(25)13-6-8-30-9-7-13)14-11-22-24(12-14)15-4-5-17(29-2)16(10-15)20(26)27/h4-5,10-13,18H,3,6-9H2,1-2H3,(H,23,25)(H,26,27). The lowest BCUT2D eigenvalue weighted by molar-refractivity contribution is -0.148. The number of ether oxygens (including phenoxy) is 3. The molecule has 0 bridgehead atoms. The number of methoxy groups -OCH3 is 1. The van der Waals surface area contributed by atoms with Gasteiger partial charge < -0.3 is 24.6 Å². The number of carbonyl (C=O) groups excluding carboxylic acids is 2. The number of aromatic carboxylic acids is 1. The summed E-state index contributed by atoms with van der Waals surface area (Å²) in [6.07, 6.45) is 4.17. The molecule has 3 rings (SSSR count). The van der Waals surface area contributed by atoms with Gasteiger partial charge in [0, 0.05) is 30.9 Å². The number of carbonyl (C=O) groups is 3. The molecular weight excluding hydrogens is 406 g/mol. The molecule has 1 unspecified atom stereocenters. The Hall–Kier alpha value is -3.40. The first-order valence-corrected chi connectivity index (χ1v) is 9.95. The Morgan fingerprint density at radius 3 is 2.71 bits per heavy atom. The van der Waals surface area contributed by atoms with Crippen molar-refractivity contribution < 1.29 is 33.7 Å². The molecule has 2 N–H and O–H groups in total. The van der Waals surface area contributed by atoms with Gasteiger partial charge in [0.15, 0.2) is 6.04 Å². The summed E-state index contributed by atoms with van der Waals surface area (Å²) >= 11 is 0. The number of carboxylic acid groups (broad SMARTS) is 1. The molecule has 2 heterocycles. The highest BCUT2D eigenvalue weighted by atomic mass is 16.5. The van der Waals surface area contributed by atoms with Crippen LogP contribution in [0.25, 0.3) is 5.69 Å². The topological polar surface area (TPSA) is 129 Å². The molecule has 0 radical (unpaired) electrons. The summed E-state index contributed by atoms with van der Waals surface area (Å²) in [6.45, 7) is 2.85. The number of esters is 1. The van der Waals surface area contributed by atoms with E-state index in [2.05, 4.69) is 10.4 Å². The Balaban J connectivity index is 1.86. The summed E-state index contributed by atoms with van der Waals surface area (Å²) in [5, 5.41) is 16.4. The zero-order valence-corrected chi connectivity index (χ0v) is 17.4. The van der Waals surface area contributed by atoms with Crippen LogP contribution in [0, 0.1) is 5.92 Å². The number of amides is 1. The second kappa shape index (κ2) is 10.1. The van der Waals surface area contributed by atoms with Gasteiger partial charge in [0.05, 0.1) is 25.6 Å². The number of hydrogen-bond acceptors (Lipinski definition) is 7. The van der Waals surface area contributed by atoms with E-state index in [9.17, 15) is 19.5 Å². The summed E-state index contributed by atoms with van der Waals surface area (Å²) in [6, 6.07) is 3.55. The van der Waals surface area contributed by atoms with Gasteiger partial charge in [-0.15, -0.1) is 0 Å². The quantitative estimate of drug-likeness (QED) is 0.605. The van der Waals surface area contributed by atoms with Gasteiger partial charge in [0.1, 0.15) is 11.3 Å². The highest BCUT2D eigenvalue weighted by Crippen LogP contribution is 2.24. The van der Waals surface area contributed by atoms with Gasteiger partial charge in [-0.3, -0.25) is 4.79 Å². The average Bonchev–Trinajstić information content (AvgIpc) is 3.27. The number of rotatable bonds is 8. The Morgan fingerprint density at radius 2 is 2.06 bits per heavy atom. The van der Waals surface area contributed by atoms with Crippen LogP contribution in [0.15, 0.2) is 30.6 Å². The summed E-state index contributed by atoms with van der Waals surface area (Å²) in [5.74, 6) is -1.99. The van der Waals surface area contributed by atoms with E-state index in [4.69, 9.17) is 14.2 Å². The first kappa shape index (κ1) is 22.3. The molecule has 0 saturated carbocycles. The fraction of sp³-hybridized carbons (Fsp3) is 0.429. The number of benzene rings is 1. The highest BCUT2D eigenvalue weighted by Gasteiger charge is 2.30. The van der Waals surface area contributed by atoms with Gasteiger partial charge in [-0.1, -0.05) is 0 Å². The second-order valence-electron chi connectivity index (χ2n) is 6.99. The largest absolute Gasteiger partial charge is 0.496 e. The molecule has 1 aromatic heterocycles. The third-order valence-corrected chi connectivity index (χ3v) is 5.01. The van der Waals surface area contributed by atoms with E-state index in [-0.39, 0.29) is 29.7 Å². The number of aromatic nitrogens is 2. The molecule has 10 heteroatoms. The van der Waals surface area contributed by atoms with E-state index in [1.165, 1.54) is 30.1 Å². The fourth-order valence-corrected chi connectivity index (χ4v) is 3.36. The molecule has 166 valence electrons. The van der Waals surface area contributed by atoms with Crippen LogP contribution in [0.1, 0.15) is 41.7 Å². The van der Waals surface area contributed by atoms with Gasteiger partial charge in [0.25, 0.3) is 0 Å². The maximum Gasteiger partial charge on any atom is 0.339 e. The Morgan fingerprint density at radius 1 is 1.32 bits per heavy atom. The normalized spacial score (nSPS) is 15.2. The van der Waals surface area contributed by atoms with Crippen molar-refractivity contribution in [1.82, 2.24) is 15.1 Å². The van der Waals surface area contributed by atoms with Crippen molar-refractivity contribution in [2.75, 3.05) is 26.9 Å². The Labute approximate surface area is 179 Å². The zero-order valence-electron chi connectivity index (χ0n) is 17.4. The van der Waals surface area contributed by atoms with Crippen molar-refractivity contribution in [3.63, 3.8) is 0 Å². The van der Waals surface area contributed by atoms with Crippen LogP contribution in [-0.4, -0.2) is 59.7 Å². The van der Waals surface area contributed by atoms with E-state index in [1.54, 1.807) is 19.2 Å². The monoisotopic (exact) mass is 431 g/mol. The fourth-order valence-electron chi connectivity index (χ4n) is 3.36. The van der Waals surface area contributed by atoms with E-state index in [0.717, 1.165) is 0 Å². The van der Waals surface area contributed by atoms with Gasteiger partial charge in [0.2, 0.25) is 5.91 Å².